The molecule has 0 aliphatic carbocycles. The molecule has 0 spiro atoms. The number of hydrogen-bond donors (Lipinski definition) is 0. The number of hydrogen-bond acceptors (Lipinski definition) is 7. The summed E-state index contributed by atoms with van der Waals surface area (Å²) in [7, 11) is 1.31. The number of carbonyl (C=O) groups is 1. The third-order valence-corrected chi connectivity index (χ3v) is 12.2. The van der Waals surface area contributed by atoms with Gasteiger partial charge in [0.1, 0.15) is 19.3 Å². The Kier molecular flexibility index (Phi) is 50.4. The second-order valence-electron chi connectivity index (χ2n) is 19.2. The van der Waals surface area contributed by atoms with Crippen LogP contribution in [0.3, 0.4) is 0 Å². The van der Waals surface area contributed by atoms with Crippen LogP contribution in [-0.4, -0.2) is 70.7 Å². The number of unbranched alkanes of at least 4 members (excludes halogenated alkanes) is 14. The highest BCUT2D eigenvalue weighted by atomic mass is 31.2. The van der Waals surface area contributed by atoms with Crippen molar-refractivity contribution in [3.05, 3.63) is 134 Å². The molecule has 0 saturated heterocycles. The van der Waals surface area contributed by atoms with Crippen molar-refractivity contribution in [3.8, 4) is 0 Å². The van der Waals surface area contributed by atoms with Crippen LogP contribution in [0.25, 0.3) is 0 Å². The highest BCUT2D eigenvalue weighted by Gasteiger charge is 2.20. The fourth-order valence-corrected chi connectivity index (χ4v) is 7.72. The molecule has 0 saturated carbocycles. The highest BCUT2D eigenvalue weighted by molar-refractivity contribution is 7.45. The van der Waals surface area contributed by atoms with Crippen molar-refractivity contribution >= 4 is 13.8 Å². The number of likely N-dealkylation sites (N-methyl/N-ethyl adjacent to an activating group) is 1. The topological polar surface area (TPSA) is 94.1 Å². The lowest BCUT2D eigenvalue weighted by molar-refractivity contribution is -0.870. The number of rotatable bonds is 50. The van der Waals surface area contributed by atoms with Gasteiger partial charge in [0, 0.05) is 13.0 Å². The first-order chi connectivity index (χ1) is 34.6. The largest absolute Gasteiger partial charge is 0.756 e. The van der Waals surface area contributed by atoms with Gasteiger partial charge in [-0.3, -0.25) is 9.36 Å². The van der Waals surface area contributed by atoms with Gasteiger partial charge in [-0.2, -0.15) is 0 Å². The Morgan fingerprint density at radius 1 is 0.437 bits per heavy atom. The summed E-state index contributed by atoms with van der Waals surface area (Å²) < 4.78 is 34.8. The molecular formula is C62H104NO7P. The van der Waals surface area contributed by atoms with Crippen molar-refractivity contribution in [2.24, 2.45) is 0 Å². The summed E-state index contributed by atoms with van der Waals surface area (Å²) in [5, 5.41) is 0. The van der Waals surface area contributed by atoms with Crippen molar-refractivity contribution in [3.63, 3.8) is 0 Å². The Morgan fingerprint density at radius 2 is 0.775 bits per heavy atom. The quantitative estimate of drug-likeness (QED) is 0.0197. The molecule has 0 aromatic carbocycles. The van der Waals surface area contributed by atoms with E-state index in [0.717, 1.165) is 103 Å². The van der Waals surface area contributed by atoms with Crippen LogP contribution >= 0.6 is 7.82 Å². The Hall–Kier alpha value is -3.36. The van der Waals surface area contributed by atoms with Crippen LogP contribution in [0.1, 0.15) is 194 Å². The molecule has 71 heavy (non-hydrogen) atoms. The van der Waals surface area contributed by atoms with Gasteiger partial charge in [-0.1, -0.05) is 212 Å². The van der Waals surface area contributed by atoms with Crippen LogP contribution in [0.15, 0.2) is 134 Å². The SMILES string of the molecule is CC/C=C\C/C=C\C/C=C\C/C=C\C/C=C\C/C=C\C/C=C\CCCCCC(=O)OC(COCCCCCCCCCCCCC/C=C\C/C=C\C/C=C\C/C=C\CC)COP(=O)([O-])OCC[N+](C)(C)C. The molecule has 0 rings (SSSR count). The summed E-state index contributed by atoms with van der Waals surface area (Å²) in [6.07, 6.45) is 77.7. The molecule has 0 aromatic rings. The summed E-state index contributed by atoms with van der Waals surface area (Å²) in [6.45, 7) is 5.11. The highest BCUT2D eigenvalue weighted by Crippen LogP contribution is 2.38. The lowest BCUT2D eigenvalue weighted by Gasteiger charge is -2.28. The third kappa shape index (κ3) is 57.4. The van der Waals surface area contributed by atoms with E-state index in [1.807, 2.05) is 21.1 Å². The zero-order valence-corrected chi connectivity index (χ0v) is 46.8. The molecule has 0 heterocycles. The Balaban J connectivity index is 4.22. The van der Waals surface area contributed by atoms with E-state index in [0.29, 0.717) is 24.1 Å². The standard InChI is InChI=1S/C62H104NO7P/c1-6-8-10-12-14-16-18-20-22-24-26-28-30-32-33-35-37-39-41-43-45-47-49-51-53-55-62(64)70-61(60-69-71(65,66)68-58-56-63(3,4)5)59-67-57-54-52-50-48-46-44-42-40-38-36-34-31-29-27-25-23-21-19-17-15-13-11-9-7-2/h8-11,14-17,20-23,26-29,32-33,37,39,43,45,61H,6-7,12-13,18-19,24-25,30-31,34-36,38,40-42,44,46-60H2,1-5H3/b10-8-,11-9-,16-14-,17-15-,22-20-,23-21-,28-26-,29-27-,33-32-,39-37-,45-43-. The molecule has 9 heteroatoms. The average molecular weight is 1010 g/mol. The lowest BCUT2D eigenvalue weighted by Crippen LogP contribution is -2.37. The molecule has 0 aromatic heterocycles. The van der Waals surface area contributed by atoms with E-state index >= 15 is 0 Å². The number of carbonyl (C=O) groups excluding carboxylic acids is 1. The van der Waals surface area contributed by atoms with Gasteiger partial charge in [-0.25, -0.2) is 0 Å². The van der Waals surface area contributed by atoms with Crippen LogP contribution in [-0.2, 0) is 27.9 Å². The van der Waals surface area contributed by atoms with E-state index in [2.05, 4.69) is 148 Å². The van der Waals surface area contributed by atoms with Gasteiger partial charge in [0.25, 0.3) is 7.82 Å². The average Bonchev–Trinajstić information content (AvgIpc) is 3.33. The second kappa shape index (κ2) is 52.9. The van der Waals surface area contributed by atoms with Gasteiger partial charge in [0.15, 0.2) is 0 Å². The van der Waals surface area contributed by atoms with Gasteiger partial charge in [0.2, 0.25) is 0 Å². The molecule has 0 fully saturated rings. The van der Waals surface area contributed by atoms with E-state index in [4.69, 9.17) is 18.5 Å². The van der Waals surface area contributed by atoms with Crippen LogP contribution in [0.5, 0.6) is 0 Å². The van der Waals surface area contributed by atoms with Gasteiger partial charge < -0.3 is 27.9 Å². The Morgan fingerprint density at radius 3 is 1.15 bits per heavy atom. The maximum absolute atomic E-state index is 12.8. The molecule has 0 amide bonds. The maximum atomic E-state index is 12.8. The van der Waals surface area contributed by atoms with Crippen molar-refractivity contribution in [2.45, 2.75) is 200 Å². The molecule has 0 aliphatic rings. The summed E-state index contributed by atoms with van der Waals surface area (Å²) in [4.78, 5) is 25.2. The minimum absolute atomic E-state index is 0.0106. The lowest BCUT2D eigenvalue weighted by atomic mass is 10.1. The number of quaternary nitrogens is 1. The minimum Gasteiger partial charge on any atom is -0.756 e. The predicted molar refractivity (Wildman–Crippen MR) is 304 cm³/mol. The predicted octanol–water partition coefficient (Wildman–Crippen LogP) is 17.2. The number of phosphoric ester groups is 1. The third-order valence-electron chi connectivity index (χ3n) is 11.2. The van der Waals surface area contributed by atoms with Crippen molar-refractivity contribution < 1.29 is 37.3 Å². The van der Waals surface area contributed by atoms with Crippen LogP contribution in [0.4, 0.5) is 0 Å². The molecular weight excluding hydrogens is 902 g/mol. The number of nitrogens with zero attached hydrogens (tertiary/aromatic N) is 1. The monoisotopic (exact) mass is 1010 g/mol. The molecule has 2 atom stereocenters. The van der Waals surface area contributed by atoms with E-state index in [1.54, 1.807) is 0 Å². The van der Waals surface area contributed by atoms with E-state index in [1.165, 1.54) is 64.2 Å². The summed E-state index contributed by atoms with van der Waals surface area (Å²) >= 11 is 0. The Labute approximate surface area is 436 Å². The van der Waals surface area contributed by atoms with E-state index in [9.17, 15) is 14.3 Å². The zero-order valence-electron chi connectivity index (χ0n) is 45.9. The van der Waals surface area contributed by atoms with Crippen LogP contribution < -0.4 is 4.89 Å². The van der Waals surface area contributed by atoms with Gasteiger partial charge in [-0.15, -0.1) is 0 Å². The van der Waals surface area contributed by atoms with Crippen molar-refractivity contribution in [1.82, 2.24) is 0 Å². The fraction of sp³-hybridized carbons (Fsp3) is 0.629. The number of ether oxygens (including phenoxy) is 2. The smallest absolute Gasteiger partial charge is 0.306 e. The maximum Gasteiger partial charge on any atom is 0.306 e. The number of esters is 1. The molecule has 2 unspecified atom stereocenters. The second-order valence-corrected chi connectivity index (χ2v) is 20.6. The molecule has 0 bridgehead atoms. The number of phosphoric acid groups is 1. The first-order valence-corrected chi connectivity index (χ1v) is 29.4. The molecule has 0 radical (unpaired) electrons. The van der Waals surface area contributed by atoms with Gasteiger partial charge in [-0.05, 0) is 109 Å². The summed E-state index contributed by atoms with van der Waals surface area (Å²) in [5.41, 5.74) is 0. The van der Waals surface area contributed by atoms with Crippen molar-refractivity contribution in [2.75, 3.05) is 54.1 Å². The van der Waals surface area contributed by atoms with E-state index < -0.39 is 13.9 Å². The van der Waals surface area contributed by atoms with Gasteiger partial charge in [0.05, 0.1) is 34.4 Å². The Bertz CT molecular complexity index is 1590. The molecule has 0 N–H and O–H groups in total. The molecule has 404 valence electrons. The van der Waals surface area contributed by atoms with Gasteiger partial charge >= 0.3 is 5.97 Å². The summed E-state index contributed by atoms with van der Waals surface area (Å²) in [5.74, 6) is -0.371. The molecule has 8 nitrogen and oxygen atoms in total. The normalized spacial score (nSPS) is 14.5. The fourth-order valence-electron chi connectivity index (χ4n) is 6.99. The zero-order chi connectivity index (χ0) is 51.9. The van der Waals surface area contributed by atoms with Crippen molar-refractivity contribution in [1.29, 1.82) is 0 Å². The number of allylic oxidation sites excluding steroid dienone is 22. The molecule has 0 aliphatic heterocycles. The summed E-state index contributed by atoms with van der Waals surface area (Å²) in [6, 6.07) is 0. The van der Waals surface area contributed by atoms with E-state index in [-0.39, 0.29) is 32.2 Å². The van der Waals surface area contributed by atoms with Crippen LogP contribution in [0, 0.1) is 0 Å². The first kappa shape index (κ1) is 67.6. The van der Waals surface area contributed by atoms with Crippen LogP contribution in [0.2, 0.25) is 0 Å². The minimum atomic E-state index is -4.56. The first-order valence-electron chi connectivity index (χ1n) is 27.9.